The van der Waals surface area contributed by atoms with Crippen LogP contribution in [0.3, 0.4) is 0 Å². The van der Waals surface area contributed by atoms with Crippen molar-refractivity contribution in [2.24, 2.45) is 0 Å². The van der Waals surface area contributed by atoms with E-state index in [1.54, 1.807) is 0 Å². The van der Waals surface area contributed by atoms with Crippen LogP contribution in [0, 0.1) is 18.8 Å². The molecule has 6 aromatic carbocycles. The van der Waals surface area contributed by atoms with E-state index in [4.69, 9.17) is 19.2 Å². The van der Waals surface area contributed by atoms with Gasteiger partial charge in [-0.2, -0.15) is 6.07 Å². The van der Waals surface area contributed by atoms with Gasteiger partial charge in [0.1, 0.15) is 11.5 Å². The van der Waals surface area contributed by atoms with Crippen LogP contribution >= 0.6 is 0 Å². The molecule has 8 aromatic rings. The van der Waals surface area contributed by atoms with Crippen LogP contribution in [0.1, 0.15) is 52.7 Å². The van der Waals surface area contributed by atoms with E-state index < -0.39 is 0 Å². The van der Waals surface area contributed by atoms with Crippen molar-refractivity contribution < 1.29 is 35.3 Å². The second-order valence-electron chi connectivity index (χ2n) is 17.6. The number of ether oxygens (including phenoxy) is 3. The Kier molecular flexibility index (Phi) is 9.08. The van der Waals surface area contributed by atoms with Gasteiger partial charge in [0.25, 0.3) is 0 Å². The van der Waals surface area contributed by atoms with Crippen LogP contribution < -0.4 is 28.9 Å². The van der Waals surface area contributed by atoms with Crippen molar-refractivity contribution in [1.29, 1.82) is 0 Å². The first-order valence-electron chi connectivity index (χ1n) is 20.3. The number of nitrogens with zero attached hydrogens (tertiary/aromatic N) is 5. The maximum Gasteiger partial charge on any atom is 0.157 e. The van der Waals surface area contributed by atoms with E-state index in [0.29, 0.717) is 11.5 Å². The molecule has 0 amide bonds. The smallest absolute Gasteiger partial charge is 0.157 e. The molecule has 0 spiro atoms. The second kappa shape index (κ2) is 14.3. The Morgan fingerprint density at radius 3 is 1.97 bits per heavy atom. The predicted molar refractivity (Wildman–Crippen MR) is 240 cm³/mol. The fraction of sp³-hybridized carbons (Fsp3) is 0.154. The number of anilines is 5. The standard InChI is InChI=1S/C52H42N5O3.Pt/c1-51(2,3)33-21-22-53-49(27-33)56-41-14-8-7-13-39(41)40-20-19-37(31-44(40)56)58-38-26-34(52(4,5)6)25-35(28-38)54-23-24-55(32-54)36-29-47-50-48(30-36)60-46-18-12-10-16-43(46)57(50)42-15-9-11-17-45(42)59-47;/h7-27,29-30,32H,1-6H3;/q-3;. The minimum atomic E-state index is -0.163. The largest absolute Gasteiger partial charge is 0.509 e. The summed E-state index contributed by atoms with van der Waals surface area (Å²) in [6.07, 6.45) is 5.95. The molecule has 2 aromatic heterocycles. The summed E-state index contributed by atoms with van der Waals surface area (Å²) in [6, 6.07) is 48.6. The molecule has 306 valence electrons. The van der Waals surface area contributed by atoms with E-state index >= 15 is 0 Å². The zero-order chi connectivity index (χ0) is 40.9. The zero-order valence-electron chi connectivity index (χ0n) is 34.6. The van der Waals surface area contributed by atoms with Crippen molar-refractivity contribution in [2.75, 3.05) is 14.7 Å². The first kappa shape index (κ1) is 38.7. The van der Waals surface area contributed by atoms with Crippen molar-refractivity contribution in [1.82, 2.24) is 9.55 Å². The monoisotopic (exact) mass is 979 g/mol. The van der Waals surface area contributed by atoms with Gasteiger partial charge >= 0.3 is 0 Å². The van der Waals surface area contributed by atoms with Crippen molar-refractivity contribution in [3.63, 3.8) is 0 Å². The molecule has 9 heteroatoms. The summed E-state index contributed by atoms with van der Waals surface area (Å²) in [4.78, 5) is 11.2. The molecule has 0 bridgehead atoms. The molecule has 0 radical (unpaired) electrons. The average Bonchev–Trinajstić information content (AvgIpc) is 3.86. The minimum Gasteiger partial charge on any atom is -0.509 e. The zero-order valence-corrected chi connectivity index (χ0v) is 36.9. The van der Waals surface area contributed by atoms with Crippen LogP contribution in [-0.4, -0.2) is 9.55 Å². The van der Waals surface area contributed by atoms with E-state index in [1.165, 1.54) is 5.56 Å². The molecule has 11 rings (SSSR count). The SMILES string of the molecule is CC(C)(C)c1cc(Oc2[c-]c3c(cc2)c2ccccc2n3-c2cc(C(C)(C)C)ccn2)[c-]c(N2C=CN(c3cc4c5c(c3)Oc3ccccc3N5c3ccccc3O4)[CH-]2)c1.[Pt]. The molecule has 0 saturated carbocycles. The molecule has 0 atom stereocenters. The molecule has 0 unspecified atom stereocenters. The van der Waals surface area contributed by atoms with Crippen LogP contribution in [0.15, 0.2) is 140 Å². The Labute approximate surface area is 370 Å². The number of hydrogen-bond donors (Lipinski definition) is 0. The molecule has 61 heavy (non-hydrogen) atoms. The topological polar surface area (TPSA) is 55.2 Å². The predicted octanol–water partition coefficient (Wildman–Crippen LogP) is 13.8. The van der Waals surface area contributed by atoms with Crippen molar-refractivity contribution in [2.45, 2.75) is 52.4 Å². The van der Waals surface area contributed by atoms with Gasteiger partial charge in [0.15, 0.2) is 23.0 Å². The average molecular weight is 980 g/mol. The number of benzene rings is 6. The number of hydrogen-bond acceptors (Lipinski definition) is 7. The summed E-state index contributed by atoms with van der Waals surface area (Å²) in [7, 11) is 0. The van der Waals surface area contributed by atoms with Gasteiger partial charge in [0.2, 0.25) is 0 Å². The van der Waals surface area contributed by atoms with Crippen LogP contribution in [0.2, 0.25) is 0 Å². The number of aromatic nitrogens is 2. The summed E-state index contributed by atoms with van der Waals surface area (Å²) in [6.45, 7) is 15.3. The van der Waals surface area contributed by atoms with Crippen LogP contribution in [0.5, 0.6) is 34.5 Å². The fourth-order valence-corrected chi connectivity index (χ4v) is 8.26. The molecule has 0 fully saturated rings. The van der Waals surface area contributed by atoms with Crippen LogP contribution in [-0.2, 0) is 31.9 Å². The maximum atomic E-state index is 6.70. The Hall–Kier alpha value is -6.50. The van der Waals surface area contributed by atoms with E-state index in [2.05, 4.69) is 152 Å². The Morgan fingerprint density at radius 2 is 1.26 bits per heavy atom. The van der Waals surface area contributed by atoms with E-state index in [9.17, 15) is 0 Å². The summed E-state index contributed by atoms with van der Waals surface area (Å²) < 4.78 is 22.0. The number of fused-ring (bicyclic) bond motifs is 7. The third kappa shape index (κ3) is 6.61. The summed E-state index contributed by atoms with van der Waals surface area (Å²) >= 11 is 0. The third-order valence-corrected chi connectivity index (χ3v) is 11.4. The number of pyridine rings is 1. The Balaban J connectivity index is 0.00000445. The van der Waals surface area contributed by atoms with Gasteiger partial charge in [-0.15, -0.1) is 53.6 Å². The maximum absolute atomic E-state index is 6.70. The number of para-hydroxylation sites is 5. The Bertz CT molecular complexity index is 3000. The fourth-order valence-electron chi connectivity index (χ4n) is 8.26. The molecule has 0 aliphatic carbocycles. The molecule has 3 aliphatic rings. The number of rotatable bonds is 5. The molecule has 0 N–H and O–H groups in total. The van der Waals surface area contributed by atoms with Gasteiger partial charge in [0, 0.05) is 62.1 Å². The first-order chi connectivity index (χ1) is 29.0. The van der Waals surface area contributed by atoms with Crippen molar-refractivity contribution in [3.05, 3.63) is 170 Å². The van der Waals surface area contributed by atoms with Crippen molar-refractivity contribution in [3.8, 4) is 40.3 Å². The van der Waals surface area contributed by atoms with Gasteiger partial charge in [-0.3, -0.25) is 4.90 Å². The molecule has 8 nitrogen and oxygen atoms in total. The molecule has 5 heterocycles. The van der Waals surface area contributed by atoms with E-state index in [-0.39, 0.29) is 31.9 Å². The molecule has 0 saturated heterocycles. The first-order valence-corrected chi connectivity index (χ1v) is 20.3. The quantitative estimate of drug-likeness (QED) is 0.159. The third-order valence-electron chi connectivity index (χ3n) is 11.4. The second-order valence-corrected chi connectivity index (χ2v) is 17.6. The molecule has 3 aliphatic heterocycles. The molecular weight excluding hydrogens is 938 g/mol. The summed E-state index contributed by atoms with van der Waals surface area (Å²) in [5.41, 5.74) is 8.67. The van der Waals surface area contributed by atoms with Gasteiger partial charge in [-0.25, -0.2) is 4.98 Å². The van der Waals surface area contributed by atoms with E-state index in [1.807, 2.05) is 67.7 Å². The Morgan fingerprint density at radius 1 is 0.607 bits per heavy atom. The van der Waals surface area contributed by atoms with Crippen molar-refractivity contribution >= 4 is 50.2 Å². The summed E-state index contributed by atoms with van der Waals surface area (Å²) in [5, 5.41) is 2.22. The molecular formula is C52H42N5O3Pt-3. The van der Waals surface area contributed by atoms with Gasteiger partial charge in [-0.1, -0.05) is 89.5 Å². The normalized spacial score (nSPS) is 14.0. The van der Waals surface area contributed by atoms with E-state index in [0.717, 1.165) is 84.6 Å². The van der Waals surface area contributed by atoms with Gasteiger partial charge < -0.3 is 28.6 Å². The van der Waals surface area contributed by atoms with Gasteiger partial charge in [-0.05, 0) is 76.6 Å². The van der Waals surface area contributed by atoms with Crippen LogP contribution in [0.4, 0.5) is 28.4 Å². The van der Waals surface area contributed by atoms with Gasteiger partial charge in [0.05, 0.1) is 11.4 Å². The summed E-state index contributed by atoms with van der Waals surface area (Å²) in [5.74, 6) is 5.06. The minimum absolute atomic E-state index is 0. The van der Waals surface area contributed by atoms with Crippen LogP contribution in [0.25, 0.3) is 27.6 Å².